The van der Waals surface area contributed by atoms with E-state index in [1.807, 2.05) is 12.4 Å². The number of pyridine rings is 1. The highest BCUT2D eigenvalue weighted by atomic mass is 15.1. The number of benzene rings is 8. The molecule has 0 aliphatic heterocycles. The summed E-state index contributed by atoms with van der Waals surface area (Å²) in [7, 11) is 0. The van der Waals surface area contributed by atoms with Crippen LogP contribution in [-0.4, -0.2) is 23.7 Å². The van der Waals surface area contributed by atoms with E-state index in [-0.39, 0.29) is 0 Å². The van der Waals surface area contributed by atoms with Crippen LogP contribution < -0.4 is 0 Å². The minimum atomic E-state index is 0.547. The van der Waals surface area contributed by atoms with Crippen molar-refractivity contribution in [1.29, 1.82) is 0 Å². The number of fused-ring (bicyclic) bond motifs is 7. The molecular weight excluding hydrogens is 767 g/mol. The molecule has 0 saturated carbocycles. The summed E-state index contributed by atoms with van der Waals surface area (Å²) < 4.78 is 7.10. The van der Waals surface area contributed by atoms with Crippen LogP contribution in [0.5, 0.6) is 0 Å². The smallest absolute Gasteiger partial charge is 0.145 e. The van der Waals surface area contributed by atoms with E-state index in [2.05, 4.69) is 222 Å². The van der Waals surface area contributed by atoms with Gasteiger partial charge in [-0.1, -0.05) is 123 Å². The third kappa shape index (κ3) is 6.23. The van der Waals surface area contributed by atoms with Gasteiger partial charge in [-0.3, -0.25) is 9.55 Å². The maximum absolute atomic E-state index is 5.36. The Bertz CT molecular complexity index is 3630. The normalized spacial score (nSPS) is 11.9. The number of hydrogen-bond donors (Lipinski definition) is 0. The van der Waals surface area contributed by atoms with Gasteiger partial charge >= 0.3 is 0 Å². The molecule has 5 nitrogen and oxygen atoms in total. The zero-order chi connectivity index (χ0) is 42.0. The third-order valence-corrected chi connectivity index (χ3v) is 12.5. The summed E-state index contributed by atoms with van der Waals surface area (Å²) in [4.78, 5) is 10.2. The molecule has 4 aromatic heterocycles. The molecule has 0 atom stereocenters. The summed E-state index contributed by atoms with van der Waals surface area (Å²) in [5.74, 6) is 1.43. The molecule has 0 spiro atoms. The first-order chi connectivity index (χ1) is 31.1. The van der Waals surface area contributed by atoms with Crippen LogP contribution in [0.3, 0.4) is 0 Å². The topological polar surface area (TPSA) is 40.6 Å². The van der Waals surface area contributed by atoms with Gasteiger partial charge in [0.1, 0.15) is 5.82 Å². The predicted molar refractivity (Wildman–Crippen MR) is 262 cm³/mol. The number of nitrogens with zero attached hydrogens (tertiary/aromatic N) is 5. The van der Waals surface area contributed by atoms with Crippen LogP contribution >= 0.6 is 0 Å². The maximum Gasteiger partial charge on any atom is 0.145 e. The molecule has 0 saturated heterocycles. The van der Waals surface area contributed by atoms with Gasteiger partial charge in [-0.15, -0.1) is 0 Å². The predicted octanol–water partition coefficient (Wildman–Crippen LogP) is 14.8. The number of rotatable bonds is 8. The Kier molecular flexibility index (Phi) is 8.68. The van der Waals surface area contributed by atoms with Crippen LogP contribution in [-0.2, 0) is 6.42 Å². The van der Waals surface area contributed by atoms with Gasteiger partial charge in [-0.05, 0) is 114 Å². The van der Waals surface area contributed by atoms with Crippen LogP contribution in [0.1, 0.15) is 19.4 Å². The summed E-state index contributed by atoms with van der Waals surface area (Å²) in [6.07, 6.45) is 4.98. The average molecular weight is 810 g/mol. The highest BCUT2D eigenvalue weighted by molar-refractivity contribution is 6.10. The molecule has 5 heteroatoms. The van der Waals surface area contributed by atoms with Gasteiger partial charge in [0.05, 0.1) is 33.1 Å². The molecule has 0 amide bonds. The molecule has 0 aliphatic rings. The Labute approximate surface area is 365 Å². The molecule has 300 valence electrons. The lowest BCUT2D eigenvalue weighted by atomic mass is 9.99. The van der Waals surface area contributed by atoms with Crippen molar-refractivity contribution in [1.82, 2.24) is 23.7 Å². The van der Waals surface area contributed by atoms with Crippen molar-refractivity contribution in [2.24, 2.45) is 5.92 Å². The van der Waals surface area contributed by atoms with Crippen LogP contribution in [0.15, 0.2) is 207 Å². The summed E-state index contributed by atoms with van der Waals surface area (Å²) in [5.41, 5.74) is 16.7. The fourth-order valence-electron chi connectivity index (χ4n) is 9.75. The zero-order valence-corrected chi connectivity index (χ0v) is 35.2. The maximum atomic E-state index is 5.36. The lowest BCUT2D eigenvalue weighted by Crippen LogP contribution is -2.01. The van der Waals surface area contributed by atoms with Crippen molar-refractivity contribution in [3.63, 3.8) is 0 Å². The minimum Gasteiger partial charge on any atom is -0.309 e. The lowest BCUT2D eigenvalue weighted by molar-refractivity contribution is 0.647. The van der Waals surface area contributed by atoms with Crippen molar-refractivity contribution >= 4 is 54.6 Å². The Morgan fingerprint density at radius 1 is 0.381 bits per heavy atom. The van der Waals surface area contributed by atoms with E-state index in [0.29, 0.717) is 5.92 Å². The van der Waals surface area contributed by atoms with Gasteiger partial charge in [0.25, 0.3) is 0 Å². The van der Waals surface area contributed by atoms with Crippen LogP contribution in [0.25, 0.3) is 105 Å². The lowest BCUT2D eigenvalue weighted by Gasteiger charge is -2.16. The summed E-state index contributed by atoms with van der Waals surface area (Å²) >= 11 is 0. The van der Waals surface area contributed by atoms with Crippen molar-refractivity contribution in [2.75, 3.05) is 0 Å². The van der Waals surface area contributed by atoms with E-state index in [9.17, 15) is 0 Å². The highest BCUT2D eigenvalue weighted by Gasteiger charge is 2.20. The second-order valence-corrected chi connectivity index (χ2v) is 17.0. The molecular formula is C58H43N5. The van der Waals surface area contributed by atoms with Crippen LogP contribution in [0, 0.1) is 5.92 Å². The molecule has 0 N–H and O–H groups in total. The molecule has 12 rings (SSSR count). The summed E-state index contributed by atoms with van der Waals surface area (Å²) in [6.45, 7) is 4.58. The first kappa shape index (κ1) is 36.8. The Morgan fingerprint density at radius 2 is 0.905 bits per heavy atom. The molecule has 63 heavy (non-hydrogen) atoms. The van der Waals surface area contributed by atoms with Gasteiger partial charge < -0.3 is 9.13 Å². The average Bonchev–Trinajstić information content (AvgIpc) is 4.00. The zero-order valence-electron chi connectivity index (χ0n) is 35.2. The number of para-hydroxylation sites is 6. The first-order valence-corrected chi connectivity index (χ1v) is 21.8. The Hall–Kier alpha value is -8.02. The van der Waals surface area contributed by atoms with Gasteiger partial charge in [0, 0.05) is 67.7 Å². The van der Waals surface area contributed by atoms with E-state index < -0.39 is 0 Å². The largest absolute Gasteiger partial charge is 0.309 e. The van der Waals surface area contributed by atoms with Crippen molar-refractivity contribution in [3.05, 3.63) is 212 Å². The Balaban J connectivity index is 1.05. The van der Waals surface area contributed by atoms with Gasteiger partial charge in [-0.2, -0.15) is 0 Å². The van der Waals surface area contributed by atoms with E-state index in [0.717, 1.165) is 68.2 Å². The monoisotopic (exact) mass is 809 g/mol. The second kappa shape index (κ2) is 14.9. The quantitative estimate of drug-likeness (QED) is 0.153. The summed E-state index contributed by atoms with van der Waals surface area (Å²) in [5, 5.41) is 4.99. The standard InChI is InChI=1S/C58H43N5/c1-38(2)30-39-24-29-51-50-18-8-12-22-55(50)62(57(51)31-39)47-34-41(32-42(35-47)58-60-52-19-9-13-23-56(52)63(58)45-14-4-3-5-15-45)44-33-43(36-59-37-44)40-25-27-46(28-26-40)61-53-20-10-6-16-48(53)49-17-7-11-21-54(49)61/h3-29,31-38H,30H2,1-2H3. The molecule has 8 aromatic carbocycles. The molecule has 0 unspecified atom stereocenters. The molecule has 0 radical (unpaired) electrons. The molecule has 0 bridgehead atoms. The molecule has 0 aliphatic carbocycles. The molecule has 4 heterocycles. The van der Waals surface area contributed by atoms with E-state index in [1.165, 1.54) is 49.2 Å². The number of hydrogen-bond acceptors (Lipinski definition) is 2. The Morgan fingerprint density at radius 3 is 1.57 bits per heavy atom. The minimum absolute atomic E-state index is 0.547. The summed E-state index contributed by atoms with van der Waals surface area (Å²) in [6, 6.07) is 70.2. The SMILES string of the molecule is CC(C)Cc1ccc2c3ccccc3n(-c3cc(-c4cncc(-c5ccc(-n6c7ccccc7c7ccccc76)cc5)c4)cc(-c4nc5ccccc5n4-c4ccccc4)c3)c2c1. The van der Waals surface area contributed by atoms with E-state index in [1.54, 1.807) is 0 Å². The third-order valence-electron chi connectivity index (χ3n) is 12.5. The second-order valence-electron chi connectivity index (χ2n) is 17.0. The van der Waals surface area contributed by atoms with Crippen molar-refractivity contribution in [3.8, 4) is 50.7 Å². The van der Waals surface area contributed by atoms with E-state index >= 15 is 0 Å². The van der Waals surface area contributed by atoms with Gasteiger partial charge in [-0.25, -0.2) is 4.98 Å². The van der Waals surface area contributed by atoms with Gasteiger partial charge in [0.2, 0.25) is 0 Å². The number of imidazole rings is 1. The van der Waals surface area contributed by atoms with E-state index in [4.69, 9.17) is 9.97 Å². The number of aromatic nitrogens is 5. The van der Waals surface area contributed by atoms with Crippen molar-refractivity contribution in [2.45, 2.75) is 20.3 Å². The van der Waals surface area contributed by atoms with Crippen LogP contribution in [0.2, 0.25) is 0 Å². The fourth-order valence-corrected chi connectivity index (χ4v) is 9.75. The van der Waals surface area contributed by atoms with Crippen LogP contribution in [0.4, 0.5) is 0 Å². The molecule has 12 aromatic rings. The molecule has 0 fully saturated rings. The highest BCUT2D eigenvalue weighted by Crippen LogP contribution is 2.39. The van der Waals surface area contributed by atoms with Crippen molar-refractivity contribution < 1.29 is 0 Å². The van der Waals surface area contributed by atoms with Gasteiger partial charge in [0.15, 0.2) is 0 Å². The fraction of sp³-hybridized carbons (Fsp3) is 0.0690. The first-order valence-electron chi connectivity index (χ1n) is 21.8.